The number of carbonyl (C=O) groups is 4. The lowest BCUT2D eigenvalue weighted by Gasteiger charge is -2.51. The fourth-order valence-electron chi connectivity index (χ4n) is 5.90. The number of aromatic hydroxyl groups is 1. The lowest BCUT2D eigenvalue weighted by Crippen LogP contribution is -2.72. The van der Waals surface area contributed by atoms with Gasteiger partial charge in [0.2, 0.25) is 11.7 Å². The molecule has 1 unspecified atom stereocenters. The van der Waals surface area contributed by atoms with Crippen LogP contribution in [0.4, 0.5) is 0 Å². The predicted molar refractivity (Wildman–Crippen MR) is 122 cm³/mol. The second-order valence-electron chi connectivity index (χ2n) is 9.57. The summed E-state index contributed by atoms with van der Waals surface area (Å²) < 4.78 is 5.01. The van der Waals surface area contributed by atoms with Crippen molar-refractivity contribution < 1.29 is 39.2 Å². The van der Waals surface area contributed by atoms with Gasteiger partial charge in [-0.2, -0.15) is 0 Å². The molecule has 0 aliphatic heterocycles. The molecule has 0 spiro atoms. The van der Waals surface area contributed by atoms with E-state index in [2.05, 4.69) is 5.32 Å². The molecule has 5 atom stereocenters. The van der Waals surface area contributed by atoms with Crippen molar-refractivity contribution >= 4 is 29.0 Å². The molecule has 2 saturated carbocycles. The summed E-state index contributed by atoms with van der Waals surface area (Å²) in [5.41, 5.74) is 3.84. The number of phenols is 1. The van der Waals surface area contributed by atoms with E-state index in [4.69, 9.17) is 10.5 Å². The van der Waals surface area contributed by atoms with Gasteiger partial charge in [0, 0.05) is 25.1 Å². The van der Waals surface area contributed by atoms with E-state index in [9.17, 15) is 34.5 Å². The van der Waals surface area contributed by atoms with Gasteiger partial charge in [0.1, 0.15) is 11.5 Å². The van der Waals surface area contributed by atoms with Crippen molar-refractivity contribution in [2.24, 2.45) is 23.5 Å². The Kier molecular flexibility index (Phi) is 6.30. The molecule has 1 amide bonds. The molecule has 4 rings (SSSR count). The highest BCUT2D eigenvalue weighted by molar-refractivity contribution is 6.32. The Labute approximate surface area is 201 Å². The average molecular weight is 488 g/mol. The summed E-state index contributed by atoms with van der Waals surface area (Å²) in [5.74, 6) is -8.87. The van der Waals surface area contributed by atoms with Crippen LogP contribution in [0.15, 0.2) is 17.7 Å². The molecular formula is C24H29N3O8. The standard InChI is InChI=1S/C24H29N3O8/c1-27(2)18-13-7-11-6-12-10(8-26-9-35-3)4-5-14(28)16(12)19(29)15(11)21(31)24(13,34)22(32)17(20(18)30)23(25)33/h4-5,11,13,17-18,26,28-29,34H,6-9H2,1-3H3,(H2,25,33)/t11-,13-,17?,18-,24-/m0/s1. The maximum absolute atomic E-state index is 13.7. The average Bonchev–Trinajstić information content (AvgIpc) is 2.77. The van der Waals surface area contributed by atoms with Crippen molar-refractivity contribution in [2.75, 3.05) is 27.9 Å². The number of aliphatic hydroxyl groups excluding tert-OH is 1. The van der Waals surface area contributed by atoms with Crippen molar-refractivity contribution in [2.45, 2.75) is 31.0 Å². The number of nitrogens with two attached hydrogens (primary N) is 1. The number of primary amides is 1. The molecule has 1 aromatic carbocycles. The topological polar surface area (TPSA) is 179 Å². The molecule has 0 heterocycles. The molecule has 0 radical (unpaired) electrons. The first-order valence-corrected chi connectivity index (χ1v) is 11.2. The number of phenolic OH excluding ortho intramolecular Hbond substituents is 1. The Balaban J connectivity index is 1.87. The predicted octanol–water partition coefficient (Wildman–Crippen LogP) is -0.969. The minimum atomic E-state index is -2.72. The van der Waals surface area contributed by atoms with E-state index in [1.54, 1.807) is 20.2 Å². The zero-order chi connectivity index (χ0) is 25.8. The van der Waals surface area contributed by atoms with Gasteiger partial charge in [0.15, 0.2) is 23.1 Å². The Morgan fingerprint density at radius 3 is 2.54 bits per heavy atom. The maximum Gasteiger partial charge on any atom is 0.235 e. The van der Waals surface area contributed by atoms with Gasteiger partial charge in [-0.15, -0.1) is 0 Å². The highest BCUT2D eigenvalue weighted by atomic mass is 16.5. The zero-order valence-electron chi connectivity index (χ0n) is 19.7. The molecular weight excluding hydrogens is 458 g/mol. The third kappa shape index (κ3) is 3.57. The van der Waals surface area contributed by atoms with Crippen molar-refractivity contribution in [3.63, 3.8) is 0 Å². The van der Waals surface area contributed by atoms with Crippen LogP contribution in [0.1, 0.15) is 23.1 Å². The summed E-state index contributed by atoms with van der Waals surface area (Å²) in [5, 5.41) is 36.3. The van der Waals surface area contributed by atoms with Crippen LogP contribution in [0.25, 0.3) is 5.76 Å². The zero-order valence-corrected chi connectivity index (χ0v) is 19.7. The molecule has 0 saturated heterocycles. The number of fused-ring (bicyclic) bond motifs is 3. The summed E-state index contributed by atoms with van der Waals surface area (Å²) >= 11 is 0. The largest absolute Gasteiger partial charge is 0.507 e. The molecule has 1 aromatic rings. The van der Waals surface area contributed by atoms with Crippen LogP contribution in [0.3, 0.4) is 0 Å². The van der Waals surface area contributed by atoms with Crippen LogP contribution >= 0.6 is 0 Å². The van der Waals surface area contributed by atoms with Crippen molar-refractivity contribution in [1.82, 2.24) is 10.2 Å². The molecule has 3 aliphatic carbocycles. The smallest absolute Gasteiger partial charge is 0.235 e. The van der Waals surface area contributed by atoms with Gasteiger partial charge in [0.25, 0.3) is 0 Å². The van der Waals surface area contributed by atoms with Crippen LogP contribution in [0.5, 0.6) is 5.75 Å². The lowest BCUT2D eigenvalue weighted by atomic mass is 9.54. The molecule has 11 nitrogen and oxygen atoms in total. The van der Waals surface area contributed by atoms with Gasteiger partial charge >= 0.3 is 0 Å². The third-order valence-electron chi connectivity index (χ3n) is 7.40. The number of nitrogens with one attached hydrogen (secondary N) is 1. The summed E-state index contributed by atoms with van der Waals surface area (Å²) in [7, 11) is 4.64. The van der Waals surface area contributed by atoms with E-state index < -0.39 is 58.4 Å². The molecule has 0 aromatic heterocycles. The Bertz CT molecular complexity index is 1160. The fraction of sp³-hybridized carbons (Fsp3) is 0.500. The number of amides is 1. The van der Waals surface area contributed by atoms with Crippen LogP contribution in [-0.2, 0) is 36.9 Å². The number of rotatable bonds is 6. The first-order valence-electron chi connectivity index (χ1n) is 11.2. The van der Waals surface area contributed by atoms with E-state index in [-0.39, 0.29) is 36.5 Å². The van der Waals surface area contributed by atoms with E-state index >= 15 is 0 Å². The van der Waals surface area contributed by atoms with E-state index in [0.717, 1.165) is 5.56 Å². The number of ketones is 3. The second-order valence-corrected chi connectivity index (χ2v) is 9.57. The number of methoxy groups -OCH3 is 1. The van der Waals surface area contributed by atoms with E-state index in [1.807, 2.05) is 0 Å². The van der Waals surface area contributed by atoms with Gasteiger partial charge in [-0.3, -0.25) is 29.4 Å². The first kappa shape index (κ1) is 25.0. The van der Waals surface area contributed by atoms with Gasteiger partial charge in [-0.1, -0.05) is 6.07 Å². The molecule has 3 aliphatic rings. The van der Waals surface area contributed by atoms with Gasteiger partial charge < -0.3 is 25.8 Å². The first-order chi connectivity index (χ1) is 16.5. The number of Topliss-reactive ketones (excluding diaryl/α,β-unsaturated/α-hetero) is 3. The van der Waals surface area contributed by atoms with Crippen LogP contribution in [0.2, 0.25) is 0 Å². The number of hydrogen-bond acceptors (Lipinski definition) is 10. The minimum absolute atomic E-state index is 0.0213. The summed E-state index contributed by atoms with van der Waals surface area (Å²) in [6.07, 6.45) is 0.251. The van der Waals surface area contributed by atoms with Crippen LogP contribution in [0, 0.1) is 17.8 Å². The molecule has 6 N–H and O–H groups in total. The second kappa shape index (κ2) is 8.83. The van der Waals surface area contributed by atoms with Gasteiger partial charge in [-0.05, 0) is 50.0 Å². The van der Waals surface area contributed by atoms with Crippen molar-refractivity contribution in [3.05, 3.63) is 34.4 Å². The number of benzene rings is 1. The highest BCUT2D eigenvalue weighted by Gasteiger charge is 2.67. The summed E-state index contributed by atoms with van der Waals surface area (Å²) in [4.78, 5) is 53.5. The maximum atomic E-state index is 13.7. The molecule has 35 heavy (non-hydrogen) atoms. The quantitative estimate of drug-likeness (QED) is 0.190. The summed E-state index contributed by atoms with van der Waals surface area (Å²) in [6.45, 7) is 0.639. The third-order valence-corrected chi connectivity index (χ3v) is 7.40. The lowest BCUT2D eigenvalue weighted by molar-refractivity contribution is -0.175. The Hall–Kier alpha value is -3.12. The monoisotopic (exact) mass is 487 g/mol. The number of likely N-dealkylation sites (N-methyl/N-ethyl adjacent to an activating group) is 1. The van der Waals surface area contributed by atoms with Crippen molar-refractivity contribution in [3.8, 4) is 5.75 Å². The van der Waals surface area contributed by atoms with E-state index in [0.29, 0.717) is 12.1 Å². The fourth-order valence-corrected chi connectivity index (χ4v) is 5.90. The van der Waals surface area contributed by atoms with Gasteiger partial charge in [-0.25, -0.2) is 0 Å². The number of ether oxygens (including phenoxy) is 1. The highest BCUT2D eigenvalue weighted by Crippen LogP contribution is 2.51. The number of hydrogen-bond donors (Lipinski definition) is 5. The number of aliphatic hydroxyl groups is 2. The summed E-state index contributed by atoms with van der Waals surface area (Å²) in [6, 6.07) is 1.97. The molecule has 188 valence electrons. The van der Waals surface area contributed by atoms with Crippen LogP contribution < -0.4 is 11.1 Å². The molecule has 11 heteroatoms. The van der Waals surface area contributed by atoms with E-state index in [1.165, 1.54) is 18.1 Å². The van der Waals surface area contributed by atoms with Gasteiger partial charge in [0.05, 0.1) is 18.3 Å². The normalized spacial score (nSPS) is 30.3. The van der Waals surface area contributed by atoms with Crippen LogP contribution in [-0.4, -0.2) is 83.1 Å². The Morgan fingerprint density at radius 1 is 1.26 bits per heavy atom. The minimum Gasteiger partial charge on any atom is -0.507 e. The number of nitrogens with zero attached hydrogens (tertiary/aromatic N) is 1. The SMILES string of the molecule is COCNCc1ccc(O)c2c1C[C@H]1C[C@H]3[C@H](N(C)C)C(=O)C(C(N)=O)C(=O)[C@@]3(O)C(=O)C1=C2O. The molecule has 2 fully saturated rings. The number of carbonyl (C=O) groups excluding carboxylic acids is 4. The Morgan fingerprint density at radius 2 is 1.94 bits per heavy atom. The molecule has 0 bridgehead atoms. The van der Waals surface area contributed by atoms with Crippen molar-refractivity contribution in [1.29, 1.82) is 0 Å².